The maximum atomic E-state index is 2.46. The summed E-state index contributed by atoms with van der Waals surface area (Å²) in [6.45, 7) is 2.26. The SMILES string of the molecule is Cc1cc2cc3cc4cc5cc(-c6ccccc6)[te]c5cc4cc3cc2[se]1. The second-order valence-electron chi connectivity index (χ2n) is 7.16. The molecule has 0 atom stereocenters. The van der Waals surface area contributed by atoms with E-state index in [1.165, 1.54) is 46.6 Å². The van der Waals surface area contributed by atoms with Gasteiger partial charge in [-0.1, -0.05) is 0 Å². The fourth-order valence-electron chi connectivity index (χ4n) is 3.95. The first-order valence-electron chi connectivity index (χ1n) is 9.10. The molecule has 4 aromatic carbocycles. The van der Waals surface area contributed by atoms with Crippen molar-refractivity contribution in [3.63, 3.8) is 0 Å². The van der Waals surface area contributed by atoms with Crippen LogP contribution in [-0.2, 0) is 0 Å². The van der Waals surface area contributed by atoms with E-state index in [4.69, 9.17) is 0 Å². The van der Waals surface area contributed by atoms with Crippen molar-refractivity contribution in [1.82, 2.24) is 0 Å². The van der Waals surface area contributed by atoms with E-state index in [1.54, 1.807) is 6.98 Å². The van der Waals surface area contributed by atoms with E-state index in [9.17, 15) is 0 Å². The molecule has 0 saturated heterocycles. The standard InChI is InChI=1S/C25H16SeTe/c1-15-7-21-10-17-8-18-11-22-14-24(16-5-3-2-4-6-16)27-25(22)13-20(18)9-19(17)12-23(21)26-15/h2-14H,1H3. The number of hydrogen-bond donors (Lipinski definition) is 0. The van der Waals surface area contributed by atoms with E-state index in [0.29, 0.717) is 14.5 Å². The van der Waals surface area contributed by atoms with Crippen molar-refractivity contribution in [2.24, 2.45) is 0 Å². The summed E-state index contributed by atoms with van der Waals surface area (Å²) in [5, 5.41) is 8.38. The summed E-state index contributed by atoms with van der Waals surface area (Å²) >= 11 is 0.210. The molecule has 2 aromatic heterocycles. The Balaban J connectivity index is 1.61. The molecule has 0 aliphatic carbocycles. The zero-order valence-corrected chi connectivity index (χ0v) is 18.9. The van der Waals surface area contributed by atoms with Crippen molar-refractivity contribution >= 4 is 74.9 Å². The van der Waals surface area contributed by atoms with Gasteiger partial charge < -0.3 is 0 Å². The quantitative estimate of drug-likeness (QED) is 0.173. The van der Waals surface area contributed by atoms with Gasteiger partial charge in [0.1, 0.15) is 0 Å². The molecule has 0 aliphatic rings. The predicted molar refractivity (Wildman–Crippen MR) is 121 cm³/mol. The van der Waals surface area contributed by atoms with Gasteiger partial charge in [0.15, 0.2) is 0 Å². The molecule has 2 heteroatoms. The van der Waals surface area contributed by atoms with Gasteiger partial charge in [0, 0.05) is 0 Å². The molecule has 0 amide bonds. The van der Waals surface area contributed by atoms with Crippen molar-refractivity contribution in [3.8, 4) is 9.14 Å². The van der Waals surface area contributed by atoms with Gasteiger partial charge in [-0.3, -0.25) is 0 Å². The normalized spacial score (nSPS) is 11.9. The van der Waals surface area contributed by atoms with Crippen molar-refractivity contribution in [2.45, 2.75) is 6.92 Å². The molecule has 0 fully saturated rings. The molecule has 0 unspecified atom stereocenters. The van der Waals surface area contributed by atoms with Crippen LogP contribution in [0, 0.1) is 6.92 Å². The Kier molecular flexibility index (Phi) is 3.65. The number of fused-ring (bicyclic) bond motifs is 4. The van der Waals surface area contributed by atoms with Crippen LogP contribution in [0.5, 0.6) is 0 Å². The summed E-state index contributed by atoms with van der Waals surface area (Å²) in [4.78, 5) is 0. The Morgan fingerprint density at radius 2 is 1.30 bits per heavy atom. The Bertz CT molecular complexity index is 1380. The third kappa shape index (κ3) is 2.72. The van der Waals surface area contributed by atoms with Gasteiger partial charge in [-0.2, -0.15) is 0 Å². The monoisotopic (exact) mass is 526 g/mol. The first-order chi connectivity index (χ1) is 13.2. The molecule has 2 heterocycles. The van der Waals surface area contributed by atoms with Crippen LogP contribution in [0.2, 0.25) is 0 Å². The zero-order valence-electron chi connectivity index (χ0n) is 14.8. The molecule has 6 rings (SSSR count). The first-order valence-corrected chi connectivity index (χ1v) is 13.1. The average Bonchev–Trinajstić information content (AvgIpc) is 3.24. The molecule has 6 aromatic rings. The average molecular weight is 523 g/mol. The molecule has 0 N–H and O–H groups in total. The second kappa shape index (κ2) is 6.10. The predicted octanol–water partition coefficient (Wildman–Crippen LogP) is 6.39. The van der Waals surface area contributed by atoms with E-state index in [0.717, 1.165) is 0 Å². The molecule has 128 valence electrons. The summed E-state index contributed by atoms with van der Waals surface area (Å²) in [5.41, 5.74) is 1.39. The van der Waals surface area contributed by atoms with Crippen LogP contribution >= 0.6 is 0 Å². The van der Waals surface area contributed by atoms with E-state index < -0.39 is 0 Å². The Morgan fingerprint density at radius 1 is 0.630 bits per heavy atom. The first kappa shape index (κ1) is 16.2. The molecule has 0 nitrogen and oxygen atoms in total. The minimum absolute atomic E-state index is 0.301. The minimum atomic E-state index is -0.301. The Morgan fingerprint density at radius 3 is 2.11 bits per heavy atom. The van der Waals surface area contributed by atoms with Crippen LogP contribution in [-0.4, -0.2) is 34.9 Å². The van der Waals surface area contributed by atoms with Crippen molar-refractivity contribution in [2.75, 3.05) is 0 Å². The van der Waals surface area contributed by atoms with Crippen molar-refractivity contribution < 1.29 is 0 Å². The van der Waals surface area contributed by atoms with Gasteiger partial charge in [0.25, 0.3) is 0 Å². The number of benzene rings is 4. The number of hydrogen-bond acceptors (Lipinski definition) is 0. The molecular weight excluding hydrogens is 507 g/mol. The van der Waals surface area contributed by atoms with Gasteiger partial charge in [-0.25, -0.2) is 0 Å². The molecule has 0 spiro atoms. The van der Waals surface area contributed by atoms with Crippen LogP contribution in [0.25, 0.3) is 49.1 Å². The zero-order chi connectivity index (χ0) is 18.0. The number of aryl methyl sites for hydroxylation is 1. The summed E-state index contributed by atoms with van der Waals surface area (Å²) in [6, 6.07) is 30.1. The van der Waals surface area contributed by atoms with Gasteiger partial charge in [0.05, 0.1) is 0 Å². The molecule has 0 bridgehead atoms. The van der Waals surface area contributed by atoms with Crippen LogP contribution in [0.4, 0.5) is 0 Å². The topological polar surface area (TPSA) is 0 Å². The third-order valence-corrected chi connectivity index (χ3v) is 10.6. The third-order valence-electron chi connectivity index (χ3n) is 5.25. The van der Waals surface area contributed by atoms with Crippen molar-refractivity contribution in [1.29, 1.82) is 0 Å². The van der Waals surface area contributed by atoms with E-state index in [-0.39, 0.29) is 20.4 Å². The van der Waals surface area contributed by atoms with E-state index in [2.05, 4.69) is 85.8 Å². The van der Waals surface area contributed by atoms with E-state index in [1.807, 2.05) is 0 Å². The van der Waals surface area contributed by atoms with Gasteiger partial charge in [-0.15, -0.1) is 0 Å². The summed E-state index contributed by atoms with van der Waals surface area (Å²) in [7, 11) is 0. The van der Waals surface area contributed by atoms with Gasteiger partial charge in [-0.05, 0) is 0 Å². The Hall–Kier alpha value is -1.81. The summed E-state index contributed by atoms with van der Waals surface area (Å²) in [5.74, 6) is 0. The molecule has 0 radical (unpaired) electrons. The van der Waals surface area contributed by atoms with E-state index >= 15 is 0 Å². The molecular formula is C25H16SeTe. The van der Waals surface area contributed by atoms with Crippen molar-refractivity contribution in [3.05, 3.63) is 83.3 Å². The van der Waals surface area contributed by atoms with Gasteiger partial charge >= 0.3 is 174 Å². The molecule has 0 aliphatic heterocycles. The summed E-state index contributed by atoms with van der Waals surface area (Å²) in [6.07, 6.45) is 0. The molecule has 0 saturated carbocycles. The van der Waals surface area contributed by atoms with Crippen LogP contribution in [0.15, 0.2) is 78.9 Å². The second-order valence-corrected chi connectivity index (χ2v) is 13.0. The van der Waals surface area contributed by atoms with Crippen LogP contribution in [0.1, 0.15) is 4.44 Å². The molecule has 27 heavy (non-hydrogen) atoms. The fraction of sp³-hybridized carbons (Fsp3) is 0.0400. The number of rotatable bonds is 1. The summed E-state index contributed by atoms with van der Waals surface area (Å²) < 4.78 is 6.20. The Labute approximate surface area is 173 Å². The maximum absolute atomic E-state index is 2.46. The van der Waals surface area contributed by atoms with Crippen LogP contribution in [0.3, 0.4) is 0 Å². The fourth-order valence-corrected chi connectivity index (χ4v) is 9.09. The van der Waals surface area contributed by atoms with Crippen LogP contribution < -0.4 is 0 Å². The van der Waals surface area contributed by atoms with Gasteiger partial charge in [0.2, 0.25) is 0 Å².